The van der Waals surface area contributed by atoms with Crippen molar-refractivity contribution >= 4 is 67.2 Å². The first-order chi connectivity index (χ1) is 13.8. The van der Waals surface area contributed by atoms with Gasteiger partial charge in [0.25, 0.3) is 5.91 Å². The lowest BCUT2D eigenvalue weighted by molar-refractivity contribution is -0.119. The normalized spacial score (nSPS) is 10.7. The van der Waals surface area contributed by atoms with Gasteiger partial charge in [0.05, 0.1) is 32.7 Å². The largest absolute Gasteiger partial charge is 0.493 e. The van der Waals surface area contributed by atoms with Gasteiger partial charge in [-0.1, -0.05) is 11.6 Å². The summed E-state index contributed by atoms with van der Waals surface area (Å²) < 4.78 is 11.6. The Kier molecular flexibility index (Phi) is 8.30. The highest BCUT2D eigenvalue weighted by atomic mass is 79.9. The van der Waals surface area contributed by atoms with Crippen molar-refractivity contribution < 1.29 is 24.2 Å². The molecule has 0 aliphatic heterocycles. The molecule has 29 heavy (non-hydrogen) atoms. The molecule has 8 nitrogen and oxygen atoms in total. The minimum absolute atomic E-state index is 0.0642. The van der Waals surface area contributed by atoms with Gasteiger partial charge in [-0.3, -0.25) is 4.79 Å². The number of carbonyl (C=O) groups is 2. The Hall–Kier alpha value is -2.30. The lowest BCUT2D eigenvalue weighted by Crippen LogP contribution is -2.26. The Morgan fingerprint density at radius 2 is 1.86 bits per heavy atom. The molecule has 2 aromatic rings. The number of nitrogens with zero attached hydrogens (tertiary/aromatic N) is 1. The number of nitrogens with one attached hydrogen (secondary N) is 2. The summed E-state index contributed by atoms with van der Waals surface area (Å²) in [5.74, 6) is -1.32. The molecular formula is C18H16Br2ClN3O5. The average Bonchev–Trinajstić information content (AvgIpc) is 2.66. The molecule has 2 aromatic carbocycles. The second-order valence-corrected chi connectivity index (χ2v) is 7.61. The van der Waals surface area contributed by atoms with Crippen LogP contribution >= 0.6 is 43.5 Å². The van der Waals surface area contributed by atoms with E-state index >= 15 is 0 Å². The van der Waals surface area contributed by atoms with Crippen molar-refractivity contribution in [2.45, 2.75) is 0 Å². The van der Waals surface area contributed by atoms with E-state index in [0.29, 0.717) is 19.7 Å². The molecule has 0 radical (unpaired) electrons. The van der Waals surface area contributed by atoms with E-state index in [1.54, 1.807) is 18.2 Å². The number of carboxylic acids is 1. The third-order valence-electron chi connectivity index (χ3n) is 3.62. The number of aromatic carboxylic acids is 1. The first-order valence-corrected chi connectivity index (χ1v) is 9.93. The van der Waals surface area contributed by atoms with Crippen LogP contribution in [-0.2, 0) is 4.79 Å². The standard InChI is InChI=1S/C18H16Br2ClN3O5/c1-28-13-4-3-9(15(18(26)27)17(13)29-2)7-23-24-14(25)8-22-16-11(19)5-10(21)6-12(16)20/h3-7,22H,8H2,1-2H3,(H,24,25)(H,26,27)/b23-7-. The number of methoxy groups -OCH3 is 2. The van der Waals surface area contributed by atoms with E-state index in [1.165, 1.54) is 26.5 Å². The Morgan fingerprint density at radius 3 is 2.41 bits per heavy atom. The van der Waals surface area contributed by atoms with E-state index in [4.69, 9.17) is 21.1 Å². The molecule has 0 unspecified atom stereocenters. The monoisotopic (exact) mass is 547 g/mol. The van der Waals surface area contributed by atoms with Crippen LogP contribution in [-0.4, -0.2) is 44.0 Å². The third kappa shape index (κ3) is 5.84. The van der Waals surface area contributed by atoms with Crippen LogP contribution in [0.2, 0.25) is 5.02 Å². The highest BCUT2D eigenvalue weighted by molar-refractivity contribution is 9.11. The maximum absolute atomic E-state index is 12.0. The first-order valence-electron chi connectivity index (χ1n) is 7.97. The molecule has 2 rings (SSSR count). The van der Waals surface area contributed by atoms with E-state index in [-0.39, 0.29) is 29.2 Å². The summed E-state index contributed by atoms with van der Waals surface area (Å²) in [5, 5.41) is 16.8. The van der Waals surface area contributed by atoms with Crippen LogP contribution in [0.25, 0.3) is 0 Å². The highest BCUT2D eigenvalue weighted by Gasteiger charge is 2.20. The summed E-state index contributed by atoms with van der Waals surface area (Å²) in [6, 6.07) is 6.43. The van der Waals surface area contributed by atoms with Gasteiger partial charge < -0.3 is 19.9 Å². The summed E-state index contributed by atoms with van der Waals surface area (Å²) in [7, 11) is 2.74. The minimum atomic E-state index is -1.22. The van der Waals surface area contributed by atoms with Crippen LogP contribution in [0.5, 0.6) is 11.5 Å². The summed E-state index contributed by atoms with van der Waals surface area (Å²) in [6.45, 7) is -0.0755. The molecule has 0 saturated heterocycles. The van der Waals surface area contributed by atoms with E-state index in [1.807, 2.05) is 0 Å². The quantitative estimate of drug-likeness (QED) is 0.337. The van der Waals surface area contributed by atoms with E-state index < -0.39 is 11.9 Å². The van der Waals surface area contributed by atoms with Crippen LogP contribution < -0.4 is 20.2 Å². The number of carboxylic acid groups (broad SMARTS) is 1. The second-order valence-electron chi connectivity index (χ2n) is 5.46. The predicted molar refractivity (Wildman–Crippen MR) is 118 cm³/mol. The first kappa shape index (κ1) is 23.0. The number of benzene rings is 2. The van der Waals surface area contributed by atoms with Gasteiger partial charge in [-0.15, -0.1) is 0 Å². The number of hydrogen-bond donors (Lipinski definition) is 3. The maximum Gasteiger partial charge on any atom is 0.340 e. The van der Waals surface area contributed by atoms with Gasteiger partial charge in [0.2, 0.25) is 0 Å². The number of rotatable bonds is 8. The van der Waals surface area contributed by atoms with Gasteiger partial charge in [-0.2, -0.15) is 5.10 Å². The number of carbonyl (C=O) groups excluding carboxylic acids is 1. The van der Waals surface area contributed by atoms with E-state index in [2.05, 4.69) is 47.7 Å². The summed E-state index contributed by atoms with van der Waals surface area (Å²) in [6.07, 6.45) is 1.22. The van der Waals surface area contributed by atoms with Gasteiger partial charge in [0, 0.05) is 19.5 Å². The van der Waals surface area contributed by atoms with Crippen LogP contribution in [0.4, 0.5) is 5.69 Å². The SMILES string of the molecule is COc1ccc(/C=N\NC(=O)CNc2c(Br)cc(Cl)cc2Br)c(C(=O)O)c1OC. The zero-order chi connectivity index (χ0) is 21.6. The number of halogens is 3. The fourth-order valence-corrected chi connectivity index (χ4v) is 4.31. The Labute approximate surface area is 188 Å². The fourth-order valence-electron chi connectivity index (χ4n) is 2.36. The third-order valence-corrected chi connectivity index (χ3v) is 5.09. The fraction of sp³-hybridized carbons (Fsp3) is 0.167. The molecule has 0 heterocycles. The van der Waals surface area contributed by atoms with Crippen LogP contribution in [0.1, 0.15) is 15.9 Å². The van der Waals surface area contributed by atoms with E-state index in [9.17, 15) is 14.7 Å². The number of hydrogen-bond acceptors (Lipinski definition) is 6. The predicted octanol–water partition coefficient (Wildman–Crippen LogP) is 4.14. The summed E-state index contributed by atoms with van der Waals surface area (Å²) in [5.41, 5.74) is 3.10. The highest BCUT2D eigenvalue weighted by Crippen LogP contribution is 2.34. The zero-order valence-corrected chi connectivity index (χ0v) is 19.2. The topological polar surface area (TPSA) is 109 Å². The van der Waals surface area contributed by atoms with Crippen LogP contribution in [0.15, 0.2) is 38.3 Å². The summed E-state index contributed by atoms with van der Waals surface area (Å²) >= 11 is 12.7. The van der Waals surface area contributed by atoms with Gasteiger partial charge >= 0.3 is 5.97 Å². The number of anilines is 1. The summed E-state index contributed by atoms with van der Waals surface area (Å²) in [4.78, 5) is 23.6. The molecule has 0 aromatic heterocycles. The van der Waals surface area contributed by atoms with Crippen molar-refractivity contribution in [1.29, 1.82) is 0 Å². The minimum Gasteiger partial charge on any atom is -0.493 e. The molecule has 0 fully saturated rings. The number of ether oxygens (including phenoxy) is 2. The van der Waals surface area contributed by atoms with E-state index in [0.717, 1.165) is 0 Å². The van der Waals surface area contributed by atoms with Crippen molar-refractivity contribution in [3.63, 3.8) is 0 Å². The molecule has 154 valence electrons. The van der Waals surface area contributed by atoms with Crippen LogP contribution in [0.3, 0.4) is 0 Å². The number of hydrazone groups is 1. The van der Waals surface area contributed by atoms with Crippen molar-refractivity contribution in [3.05, 3.63) is 49.4 Å². The average molecular weight is 550 g/mol. The van der Waals surface area contributed by atoms with Gasteiger partial charge in [0.15, 0.2) is 11.5 Å². The molecule has 0 aliphatic rings. The smallest absolute Gasteiger partial charge is 0.340 e. The molecular weight excluding hydrogens is 533 g/mol. The van der Waals surface area contributed by atoms with Gasteiger partial charge in [0.1, 0.15) is 5.56 Å². The molecule has 0 bridgehead atoms. The molecule has 0 saturated carbocycles. The Morgan fingerprint density at radius 1 is 1.21 bits per heavy atom. The maximum atomic E-state index is 12.0. The lowest BCUT2D eigenvalue weighted by Gasteiger charge is -2.12. The molecule has 0 spiro atoms. The van der Waals surface area contributed by atoms with Gasteiger partial charge in [-0.05, 0) is 56.1 Å². The molecule has 0 aliphatic carbocycles. The second kappa shape index (κ2) is 10.5. The Balaban J connectivity index is 2.08. The van der Waals surface area contributed by atoms with Crippen molar-refractivity contribution in [2.24, 2.45) is 5.10 Å². The number of amides is 1. The molecule has 11 heteroatoms. The Bertz CT molecular complexity index is 946. The van der Waals surface area contributed by atoms with Crippen molar-refractivity contribution in [1.82, 2.24) is 5.43 Å². The lowest BCUT2D eigenvalue weighted by atomic mass is 10.1. The van der Waals surface area contributed by atoms with Crippen LogP contribution in [0, 0.1) is 0 Å². The zero-order valence-electron chi connectivity index (χ0n) is 15.3. The van der Waals surface area contributed by atoms with Crippen molar-refractivity contribution in [3.8, 4) is 11.5 Å². The molecule has 0 atom stereocenters. The molecule has 1 amide bonds. The van der Waals surface area contributed by atoms with Gasteiger partial charge in [-0.25, -0.2) is 10.2 Å². The van der Waals surface area contributed by atoms with Crippen molar-refractivity contribution in [2.75, 3.05) is 26.1 Å². The molecule has 3 N–H and O–H groups in total.